The van der Waals surface area contributed by atoms with E-state index in [1.165, 1.54) is 14.2 Å². The summed E-state index contributed by atoms with van der Waals surface area (Å²) in [6.07, 6.45) is 4.73. The molecule has 0 aromatic carbocycles. The summed E-state index contributed by atoms with van der Waals surface area (Å²) in [6, 6.07) is 0. The Morgan fingerprint density at radius 1 is 0.475 bits per heavy atom. The van der Waals surface area contributed by atoms with Crippen molar-refractivity contribution in [1.82, 2.24) is 0 Å². The average molecular weight is 569 g/mol. The number of methoxy groups -OCH3 is 4. The SMILES string of the molecule is COC(=O)C1CCCCC1(OC(=O)C1CCCCC1C(=O)OC1(C(=O)OC)CCCCC1C(=O)OC)C(=O)OC. The largest absolute Gasteiger partial charge is 0.469 e. The van der Waals surface area contributed by atoms with Gasteiger partial charge in [0.2, 0.25) is 11.2 Å². The highest BCUT2D eigenvalue weighted by Crippen LogP contribution is 2.44. The van der Waals surface area contributed by atoms with Crippen LogP contribution in [0.2, 0.25) is 0 Å². The predicted octanol–water partition coefficient (Wildman–Crippen LogP) is 2.43. The van der Waals surface area contributed by atoms with Crippen molar-refractivity contribution in [2.24, 2.45) is 23.7 Å². The molecule has 6 unspecified atom stereocenters. The minimum atomic E-state index is -1.88. The first-order chi connectivity index (χ1) is 19.1. The van der Waals surface area contributed by atoms with Gasteiger partial charge in [0, 0.05) is 0 Å². The van der Waals surface area contributed by atoms with E-state index < -0.39 is 70.7 Å². The van der Waals surface area contributed by atoms with Crippen LogP contribution in [-0.4, -0.2) is 75.5 Å². The summed E-state index contributed by atoms with van der Waals surface area (Å²) in [6.45, 7) is 0. The Hall–Kier alpha value is -3.18. The Morgan fingerprint density at radius 3 is 1.15 bits per heavy atom. The van der Waals surface area contributed by atoms with E-state index in [2.05, 4.69) is 0 Å². The van der Waals surface area contributed by atoms with Gasteiger partial charge >= 0.3 is 35.8 Å². The molecule has 12 nitrogen and oxygen atoms in total. The van der Waals surface area contributed by atoms with E-state index in [4.69, 9.17) is 28.4 Å². The molecule has 3 saturated carbocycles. The third-order valence-corrected chi connectivity index (χ3v) is 8.68. The lowest BCUT2D eigenvalue weighted by molar-refractivity contribution is -0.208. The Bertz CT molecular complexity index is 914. The van der Waals surface area contributed by atoms with Crippen LogP contribution in [0.15, 0.2) is 0 Å². The fourth-order valence-corrected chi connectivity index (χ4v) is 6.56. The molecule has 0 aliphatic heterocycles. The van der Waals surface area contributed by atoms with Crippen LogP contribution < -0.4 is 0 Å². The molecule has 3 aliphatic carbocycles. The average Bonchev–Trinajstić information content (AvgIpc) is 2.99. The topological polar surface area (TPSA) is 158 Å². The molecule has 3 aliphatic rings. The van der Waals surface area contributed by atoms with Gasteiger partial charge in [-0.25, -0.2) is 9.59 Å². The summed E-state index contributed by atoms with van der Waals surface area (Å²) in [7, 11) is 4.68. The van der Waals surface area contributed by atoms with Gasteiger partial charge < -0.3 is 28.4 Å². The number of hydrogen-bond acceptors (Lipinski definition) is 12. The monoisotopic (exact) mass is 568 g/mol. The summed E-state index contributed by atoms with van der Waals surface area (Å²) in [5.74, 6) is -8.88. The minimum absolute atomic E-state index is 0.0687. The summed E-state index contributed by atoms with van der Waals surface area (Å²) in [5.41, 5.74) is -3.76. The summed E-state index contributed by atoms with van der Waals surface area (Å²) in [5, 5.41) is 0. The standard InChI is InChI=1S/C28H40O12/c1-35-23(31)19-13-7-9-15-27(19,25(33)37-3)39-21(29)17-11-5-6-12-18(17)22(30)40-28(26(34)38-4)16-10-8-14-20(28)24(32)36-2/h17-20H,5-16H2,1-4H3. The summed E-state index contributed by atoms with van der Waals surface area (Å²) >= 11 is 0. The molecule has 0 amide bonds. The number of carbonyl (C=O) groups is 6. The van der Waals surface area contributed by atoms with Crippen molar-refractivity contribution >= 4 is 35.8 Å². The molecule has 0 saturated heterocycles. The van der Waals surface area contributed by atoms with Gasteiger partial charge in [-0.1, -0.05) is 25.7 Å². The summed E-state index contributed by atoms with van der Waals surface area (Å²) in [4.78, 5) is 78.6. The molecule has 0 bridgehead atoms. The Labute approximate surface area is 233 Å². The van der Waals surface area contributed by atoms with E-state index >= 15 is 0 Å². The molecule has 12 heteroatoms. The highest BCUT2D eigenvalue weighted by molar-refractivity contribution is 5.93. The molecule has 3 fully saturated rings. The van der Waals surface area contributed by atoms with Crippen LogP contribution in [0.3, 0.4) is 0 Å². The van der Waals surface area contributed by atoms with Gasteiger partial charge in [0.1, 0.15) is 11.8 Å². The molecular formula is C28H40O12. The van der Waals surface area contributed by atoms with Crippen LogP contribution in [0, 0.1) is 23.7 Å². The van der Waals surface area contributed by atoms with Crippen LogP contribution in [-0.2, 0) is 57.2 Å². The molecule has 0 N–H and O–H groups in total. The number of ether oxygens (including phenoxy) is 6. The fourth-order valence-electron chi connectivity index (χ4n) is 6.56. The molecule has 224 valence electrons. The normalized spacial score (nSPS) is 32.1. The minimum Gasteiger partial charge on any atom is -0.469 e. The zero-order chi connectivity index (χ0) is 29.5. The maximum absolute atomic E-state index is 13.7. The Morgan fingerprint density at radius 2 is 0.825 bits per heavy atom. The van der Waals surface area contributed by atoms with E-state index in [1.807, 2.05) is 0 Å². The van der Waals surface area contributed by atoms with E-state index in [0.29, 0.717) is 38.5 Å². The molecule has 0 aromatic heterocycles. The van der Waals surface area contributed by atoms with E-state index in [0.717, 1.165) is 14.2 Å². The first kappa shape index (κ1) is 31.3. The second kappa shape index (κ2) is 13.5. The number of carbonyl (C=O) groups excluding carboxylic acids is 6. The molecule has 6 atom stereocenters. The van der Waals surface area contributed by atoms with Crippen molar-refractivity contribution in [3.05, 3.63) is 0 Å². The summed E-state index contributed by atoms with van der Waals surface area (Å²) < 4.78 is 31.5. The van der Waals surface area contributed by atoms with Crippen molar-refractivity contribution in [2.75, 3.05) is 28.4 Å². The molecular weight excluding hydrogens is 528 g/mol. The zero-order valence-electron chi connectivity index (χ0n) is 23.7. The van der Waals surface area contributed by atoms with Crippen LogP contribution in [0.5, 0.6) is 0 Å². The third-order valence-electron chi connectivity index (χ3n) is 8.68. The molecule has 0 spiro atoms. The van der Waals surface area contributed by atoms with Gasteiger partial charge in [-0.3, -0.25) is 19.2 Å². The van der Waals surface area contributed by atoms with Gasteiger partial charge in [0.05, 0.1) is 40.3 Å². The lowest BCUT2D eigenvalue weighted by atomic mass is 9.73. The van der Waals surface area contributed by atoms with Crippen molar-refractivity contribution in [3.8, 4) is 0 Å². The maximum atomic E-state index is 13.7. The van der Waals surface area contributed by atoms with Gasteiger partial charge in [0.25, 0.3) is 0 Å². The third kappa shape index (κ3) is 5.95. The second-order valence-electron chi connectivity index (χ2n) is 10.7. The van der Waals surface area contributed by atoms with Gasteiger partial charge in [-0.15, -0.1) is 0 Å². The van der Waals surface area contributed by atoms with Gasteiger partial charge in [-0.05, 0) is 51.4 Å². The number of esters is 6. The first-order valence-corrected chi connectivity index (χ1v) is 13.9. The lowest BCUT2D eigenvalue weighted by Crippen LogP contribution is -2.57. The first-order valence-electron chi connectivity index (χ1n) is 13.9. The number of rotatable bonds is 8. The Kier molecular flexibility index (Phi) is 10.5. The zero-order valence-corrected chi connectivity index (χ0v) is 23.7. The highest BCUT2D eigenvalue weighted by atomic mass is 16.6. The second-order valence-corrected chi connectivity index (χ2v) is 10.7. The quantitative estimate of drug-likeness (QED) is 0.311. The number of hydrogen-bond donors (Lipinski definition) is 0. The fraction of sp³-hybridized carbons (Fsp3) is 0.786. The predicted molar refractivity (Wildman–Crippen MR) is 135 cm³/mol. The van der Waals surface area contributed by atoms with Crippen molar-refractivity contribution in [2.45, 2.75) is 88.3 Å². The maximum Gasteiger partial charge on any atom is 0.351 e. The van der Waals surface area contributed by atoms with Crippen LogP contribution in [0.1, 0.15) is 77.0 Å². The molecule has 0 heterocycles. The molecule has 3 rings (SSSR count). The van der Waals surface area contributed by atoms with Crippen molar-refractivity contribution in [1.29, 1.82) is 0 Å². The van der Waals surface area contributed by atoms with Crippen LogP contribution in [0.4, 0.5) is 0 Å². The smallest absolute Gasteiger partial charge is 0.351 e. The molecule has 0 aromatic rings. The van der Waals surface area contributed by atoms with Crippen molar-refractivity contribution in [3.63, 3.8) is 0 Å². The molecule has 0 radical (unpaired) electrons. The van der Waals surface area contributed by atoms with Gasteiger partial charge in [0.15, 0.2) is 0 Å². The van der Waals surface area contributed by atoms with Crippen LogP contribution >= 0.6 is 0 Å². The van der Waals surface area contributed by atoms with Crippen LogP contribution in [0.25, 0.3) is 0 Å². The van der Waals surface area contributed by atoms with E-state index in [9.17, 15) is 28.8 Å². The van der Waals surface area contributed by atoms with E-state index in [1.54, 1.807) is 0 Å². The van der Waals surface area contributed by atoms with Crippen molar-refractivity contribution < 1.29 is 57.2 Å². The Balaban J connectivity index is 1.91. The lowest BCUT2D eigenvalue weighted by Gasteiger charge is -2.42. The van der Waals surface area contributed by atoms with E-state index in [-0.39, 0.29) is 38.5 Å². The van der Waals surface area contributed by atoms with Gasteiger partial charge in [-0.2, -0.15) is 0 Å². The highest BCUT2D eigenvalue weighted by Gasteiger charge is 2.59. The molecule has 40 heavy (non-hydrogen) atoms.